The number of ether oxygens (including phenoxy) is 1. The van der Waals surface area contributed by atoms with Crippen molar-refractivity contribution in [1.29, 1.82) is 0 Å². The summed E-state index contributed by atoms with van der Waals surface area (Å²) in [6.07, 6.45) is 0. The van der Waals surface area contributed by atoms with Crippen LogP contribution in [0.1, 0.15) is 27.0 Å². The molecule has 0 spiro atoms. The zero-order chi connectivity index (χ0) is 18.0. The number of benzene rings is 2. The Labute approximate surface area is 148 Å². The number of carbonyl (C=O) groups is 1. The van der Waals surface area contributed by atoms with Crippen LogP contribution in [0.25, 0.3) is 0 Å². The van der Waals surface area contributed by atoms with Crippen molar-refractivity contribution < 1.29 is 14.6 Å². The summed E-state index contributed by atoms with van der Waals surface area (Å²) in [7, 11) is 4.02. The number of phenols is 1. The third-order valence-corrected chi connectivity index (χ3v) is 4.37. The maximum Gasteiger partial charge on any atom is 0.255 e. The number of amides is 1. The summed E-state index contributed by atoms with van der Waals surface area (Å²) >= 11 is 0. The molecule has 1 N–H and O–H groups in total. The SMILES string of the molecule is Cc1cc(OCCN(C)C)cc2c1C(=O)N(Cc1ccc(O)cc1)C2. The standard InChI is InChI=1S/C20H24N2O3/c1-14-10-18(25-9-8-21(2)3)11-16-13-22(20(24)19(14)16)12-15-4-6-17(23)7-5-15/h4-7,10-11,23H,8-9,12-13H2,1-3H3. The number of fused-ring (bicyclic) bond motifs is 1. The van der Waals surface area contributed by atoms with Crippen molar-refractivity contribution >= 4 is 5.91 Å². The van der Waals surface area contributed by atoms with E-state index in [1.807, 2.05) is 50.2 Å². The maximum absolute atomic E-state index is 12.7. The first-order valence-corrected chi connectivity index (χ1v) is 8.42. The lowest BCUT2D eigenvalue weighted by Crippen LogP contribution is -2.23. The third-order valence-electron chi connectivity index (χ3n) is 4.37. The molecule has 0 fully saturated rings. The second-order valence-corrected chi connectivity index (χ2v) is 6.75. The van der Waals surface area contributed by atoms with Gasteiger partial charge in [0.25, 0.3) is 5.91 Å². The van der Waals surface area contributed by atoms with E-state index >= 15 is 0 Å². The number of carbonyl (C=O) groups excluding carboxylic acids is 1. The van der Waals surface area contributed by atoms with E-state index in [1.165, 1.54) is 0 Å². The van der Waals surface area contributed by atoms with E-state index in [0.717, 1.165) is 34.5 Å². The molecule has 1 heterocycles. The Bertz CT molecular complexity index is 769. The molecule has 1 amide bonds. The molecule has 25 heavy (non-hydrogen) atoms. The maximum atomic E-state index is 12.7. The van der Waals surface area contributed by atoms with Gasteiger partial charge in [-0.15, -0.1) is 0 Å². The fraction of sp³-hybridized carbons (Fsp3) is 0.350. The highest BCUT2D eigenvalue weighted by Gasteiger charge is 2.29. The number of aromatic hydroxyl groups is 1. The number of nitrogens with zero attached hydrogens (tertiary/aromatic N) is 2. The van der Waals surface area contributed by atoms with Gasteiger partial charge >= 0.3 is 0 Å². The number of aryl methyl sites for hydroxylation is 1. The van der Waals surface area contributed by atoms with E-state index < -0.39 is 0 Å². The number of phenolic OH excluding ortho intramolecular Hbond substituents is 1. The van der Waals surface area contributed by atoms with Gasteiger partial charge in [0.05, 0.1) is 0 Å². The summed E-state index contributed by atoms with van der Waals surface area (Å²) < 4.78 is 5.83. The van der Waals surface area contributed by atoms with E-state index in [0.29, 0.717) is 19.7 Å². The topological polar surface area (TPSA) is 53.0 Å². The molecule has 0 saturated heterocycles. The van der Waals surface area contributed by atoms with Crippen molar-refractivity contribution in [3.63, 3.8) is 0 Å². The summed E-state index contributed by atoms with van der Waals surface area (Å²) in [5.41, 5.74) is 3.76. The molecule has 1 aliphatic heterocycles. The number of hydrogen-bond donors (Lipinski definition) is 1. The molecule has 2 aromatic rings. The van der Waals surface area contributed by atoms with Crippen LogP contribution in [0.4, 0.5) is 0 Å². The zero-order valence-corrected chi connectivity index (χ0v) is 15.0. The Kier molecular flexibility index (Phi) is 4.95. The molecule has 1 aliphatic rings. The molecule has 2 aromatic carbocycles. The van der Waals surface area contributed by atoms with Crippen molar-refractivity contribution in [2.45, 2.75) is 20.0 Å². The van der Waals surface area contributed by atoms with E-state index in [4.69, 9.17) is 4.74 Å². The first kappa shape index (κ1) is 17.3. The summed E-state index contributed by atoms with van der Waals surface area (Å²) in [5, 5.41) is 9.39. The molecule has 0 bridgehead atoms. The normalized spacial score (nSPS) is 13.4. The highest BCUT2D eigenvalue weighted by Crippen LogP contribution is 2.31. The van der Waals surface area contributed by atoms with Crippen LogP contribution < -0.4 is 4.74 Å². The molecule has 0 radical (unpaired) electrons. The number of hydrogen-bond acceptors (Lipinski definition) is 4. The lowest BCUT2D eigenvalue weighted by Gasteiger charge is -2.15. The number of rotatable bonds is 6. The van der Waals surface area contributed by atoms with Crippen molar-refractivity contribution in [2.24, 2.45) is 0 Å². The van der Waals surface area contributed by atoms with Gasteiger partial charge in [-0.1, -0.05) is 12.1 Å². The van der Waals surface area contributed by atoms with Crippen LogP contribution in [-0.2, 0) is 13.1 Å². The Hall–Kier alpha value is -2.53. The van der Waals surface area contributed by atoms with Gasteiger partial charge in [0.15, 0.2) is 0 Å². The van der Waals surface area contributed by atoms with Crippen LogP contribution in [0.2, 0.25) is 0 Å². The zero-order valence-electron chi connectivity index (χ0n) is 15.0. The Balaban J connectivity index is 1.73. The largest absolute Gasteiger partial charge is 0.508 e. The summed E-state index contributed by atoms with van der Waals surface area (Å²) in [6, 6.07) is 10.9. The molecule has 0 unspecified atom stereocenters. The highest BCUT2D eigenvalue weighted by molar-refractivity contribution is 5.99. The molecular formula is C20H24N2O3. The second kappa shape index (κ2) is 7.15. The Morgan fingerprint density at radius 2 is 1.92 bits per heavy atom. The summed E-state index contributed by atoms with van der Waals surface area (Å²) in [5.74, 6) is 1.10. The Morgan fingerprint density at radius 1 is 1.20 bits per heavy atom. The first-order valence-electron chi connectivity index (χ1n) is 8.42. The molecule has 0 saturated carbocycles. The predicted molar refractivity (Wildman–Crippen MR) is 96.9 cm³/mol. The van der Waals surface area contributed by atoms with Gasteiger partial charge < -0.3 is 19.6 Å². The van der Waals surface area contributed by atoms with Crippen molar-refractivity contribution in [3.8, 4) is 11.5 Å². The van der Waals surface area contributed by atoms with Crippen molar-refractivity contribution in [3.05, 3.63) is 58.7 Å². The second-order valence-electron chi connectivity index (χ2n) is 6.75. The Morgan fingerprint density at radius 3 is 2.60 bits per heavy atom. The molecule has 3 rings (SSSR count). The monoisotopic (exact) mass is 340 g/mol. The summed E-state index contributed by atoms with van der Waals surface area (Å²) in [6.45, 7) is 4.54. The van der Waals surface area contributed by atoms with Crippen molar-refractivity contribution in [1.82, 2.24) is 9.80 Å². The van der Waals surface area contributed by atoms with Crippen molar-refractivity contribution in [2.75, 3.05) is 27.2 Å². The molecule has 5 nitrogen and oxygen atoms in total. The first-order chi connectivity index (χ1) is 11.9. The lowest BCUT2D eigenvalue weighted by molar-refractivity contribution is 0.0766. The van der Waals surface area contributed by atoms with Crippen LogP contribution in [0.3, 0.4) is 0 Å². The summed E-state index contributed by atoms with van der Waals surface area (Å²) in [4.78, 5) is 16.6. The van der Waals surface area contributed by atoms with Gasteiger partial charge in [0.2, 0.25) is 0 Å². The van der Waals surface area contributed by atoms with Gasteiger partial charge in [0.1, 0.15) is 18.1 Å². The van der Waals surface area contributed by atoms with Crippen LogP contribution in [0.15, 0.2) is 36.4 Å². The predicted octanol–water partition coefficient (Wildman–Crippen LogP) is 2.80. The molecule has 0 aromatic heterocycles. The minimum atomic E-state index is 0.0559. The quantitative estimate of drug-likeness (QED) is 0.879. The molecular weight excluding hydrogens is 316 g/mol. The number of likely N-dealkylation sites (N-methyl/N-ethyl adjacent to an activating group) is 1. The van der Waals surface area contributed by atoms with Gasteiger partial charge in [0, 0.05) is 25.2 Å². The van der Waals surface area contributed by atoms with E-state index in [9.17, 15) is 9.90 Å². The average molecular weight is 340 g/mol. The van der Waals surface area contributed by atoms with E-state index in [1.54, 1.807) is 12.1 Å². The fourth-order valence-electron chi connectivity index (χ4n) is 3.07. The molecule has 132 valence electrons. The van der Waals surface area contributed by atoms with Gasteiger partial charge in [-0.25, -0.2) is 0 Å². The van der Waals surface area contributed by atoms with Crippen LogP contribution in [0, 0.1) is 6.92 Å². The van der Waals surface area contributed by atoms with Gasteiger partial charge in [-0.3, -0.25) is 4.79 Å². The van der Waals surface area contributed by atoms with E-state index in [-0.39, 0.29) is 11.7 Å². The molecule has 0 aliphatic carbocycles. The van der Waals surface area contributed by atoms with Gasteiger partial charge in [-0.05, 0) is 62.0 Å². The van der Waals surface area contributed by atoms with Crippen LogP contribution in [0.5, 0.6) is 11.5 Å². The minimum absolute atomic E-state index is 0.0559. The lowest BCUT2D eigenvalue weighted by atomic mass is 10.0. The average Bonchev–Trinajstić information content (AvgIpc) is 2.85. The fourth-order valence-corrected chi connectivity index (χ4v) is 3.07. The van der Waals surface area contributed by atoms with Gasteiger partial charge in [-0.2, -0.15) is 0 Å². The van der Waals surface area contributed by atoms with Crippen LogP contribution in [-0.4, -0.2) is 48.1 Å². The highest BCUT2D eigenvalue weighted by atomic mass is 16.5. The minimum Gasteiger partial charge on any atom is -0.508 e. The van der Waals surface area contributed by atoms with Crippen LogP contribution >= 0.6 is 0 Å². The van der Waals surface area contributed by atoms with E-state index in [2.05, 4.69) is 4.90 Å². The smallest absolute Gasteiger partial charge is 0.255 e. The molecule has 0 atom stereocenters. The third kappa shape index (κ3) is 3.94. The molecule has 5 heteroatoms.